The summed E-state index contributed by atoms with van der Waals surface area (Å²) in [5.41, 5.74) is 10.8. The summed E-state index contributed by atoms with van der Waals surface area (Å²) >= 11 is 0. The second-order valence-corrected chi connectivity index (χ2v) is 11.0. The summed E-state index contributed by atoms with van der Waals surface area (Å²) in [5, 5.41) is 3.74. The lowest BCUT2D eigenvalue weighted by Crippen LogP contribution is -2.43. The Kier molecular flexibility index (Phi) is 10.2. The van der Waals surface area contributed by atoms with Crippen LogP contribution in [-0.4, -0.2) is 91.5 Å². The van der Waals surface area contributed by atoms with Crippen molar-refractivity contribution in [2.75, 3.05) is 40.8 Å². The van der Waals surface area contributed by atoms with Gasteiger partial charge in [-0.05, 0) is 38.1 Å². The number of ether oxygens (including phenoxy) is 1. The van der Waals surface area contributed by atoms with Crippen molar-refractivity contribution >= 4 is 17.7 Å². The Labute approximate surface area is 238 Å². The van der Waals surface area contributed by atoms with Gasteiger partial charge in [0, 0.05) is 30.9 Å². The number of carbonyl (C=O) groups excluding carboxylic acids is 2. The highest BCUT2D eigenvalue weighted by Gasteiger charge is 2.42. The van der Waals surface area contributed by atoms with Crippen molar-refractivity contribution in [2.24, 2.45) is 10.7 Å². The minimum atomic E-state index is -0.264. The van der Waals surface area contributed by atoms with Crippen LogP contribution >= 0.6 is 0 Å². The fraction of sp³-hybridized carbons (Fsp3) is 0.516. The standard InChI is InChI=1S/C31H44N6O3/c1-5-6-12-26-34-29-30(24-10-7-8-11-25(24)33-31(29)32)37(26)18-9-17-36(27(38)21-35(2)3)20-23-15-13-22(14-16-23)19-28(39)40-4/h7-8,10-11,13-16,25-26,29,34H,5-6,9,12,17-21H2,1-4H3,(H2,32,33). The molecule has 1 aliphatic carbocycles. The first-order valence-corrected chi connectivity index (χ1v) is 14.3. The van der Waals surface area contributed by atoms with Gasteiger partial charge in [0.25, 0.3) is 0 Å². The smallest absolute Gasteiger partial charge is 0.309 e. The molecule has 1 saturated heterocycles. The molecule has 2 aliphatic heterocycles. The van der Waals surface area contributed by atoms with Gasteiger partial charge < -0.3 is 25.2 Å². The van der Waals surface area contributed by atoms with Crippen LogP contribution < -0.4 is 11.1 Å². The number of nitrogens with two attached hydrogens (primary N) is 1. The normalized spacial score (nSPS) is 21.4. The molecular weight excluding hydrogens is 504 g/mol. The molecule has 3 atom stereocenters. The molecular formula is C31H44N6O3. The minimum absolute atomic E-state index is 0.0363. The maximum absolute atomic E-state index is 13.2. The average Bonchev–Trinajstić information content (AvgIpc) is 3.31. The van der Waals surface area contributed by atoms with E-state index in [0.29, 0.717) is 25.5 Å². The lowest BCUT2D eigenvalue weighted by molar-refractivity contribution is -0.139. The number of esters is 1. The van der Waals surface area contributed by atoms with E-state index in [4.69, 9.17) is 15.5 Å². The number of nitrogens with one attached hydrogen (secondary N) is 1. The van der Waals surface area contributed by atoms with Gasteiger partial charge in [0.1, 0.15) is 11.9 Å². The summed E-state index contributed by atoms with van der Waals surface area (Å²) in [6, 6.07) is 7.74. The summed E-state index contributed by atoms with van der Waals surface area (Å²) in [6.07, 6.45) is 12.9. The van der Waals surface area contributed by atoms with Crippen LogP contribution in [0.25, 0.3) is 0 Å². The molecule has 1 aromatic rings. The largest absolute Gasteiger partial charge is 0.469 e. The van der Waals surface area contributed by atoms with Crippen LogP contribution in [0, 0.1) is 0 Å². The maximum atomic E-state index is 13.2. The molecule has 0 radical (unpaired) electrons. The highest BCUT2D eigenvalue weighted by Crippen LogP contribution is 2.34. The molecule has 0 saturated carbocycles. The second kappa shape index (κ2) is 13.8. The number of hydrogen-bond acceptors (Lipinski definition) is 8. The molecule has 1 fully saturated rings. The van der Waals surface area contributed by atoms with E-state index in [2.05, 4.69) is 35.4 Å². The van der Waals surface area contributed by atoms with Gasteiger partial charge in [-0.2, -0.15) is 0 Å². The van der Waals surface area contributed by atoms with Crippen LogP contribution in [0.3, 0.4) is 0 Å². The van der Waals surface area contributed by atoms with Gasteiger partial charge in [-0.25, -0.2) is 0 Å². The van der Waals surface area contributed by atoms with Crippen molar-refractivity contribution in [3.8, 4) is 0 Å². The lowest BCUT2D eigenvalue weighted by Gasteiger charge is -2.33. The number of fused-ring (bicyclic) bond motifs is 2. The molecule has 0 aromatic heterocycles. The maximum Gasteiger partial charge on any atom is 0.309 e. The molecule has 40 heavy (non-hydrogen) atoms. The van der Waals surface area contributed by atoms with Crippen LogP contribution in [-0.2, 0) is 27.3 Å². The van der Waals surface area contributed by atoms with Crippen molar-refractivity contribution in [1.82, 2.24) is 20.0 Å². The predicted molar refractivity (Wildman–Crippen MR) is 158 cm³/mol. The summed E-state index contributed by atoms with van der Waals surface area (Å²) in [4.78, 5) is 35.9. The summed E-state index contributed by atoms with van der Waals surface area (Å²) < 4.78 is 4.77. The van der Waals surface area contributed by atoms with Crippen LogP contribution in [0.15, 0.2) is 64.8 Å². The molecule has 9 heteroatoms. The van der Waals surface area contributed by atoms with E-state index in [1.54, 1.807) is 0 Å². The molecule has 0 bridgehead atoms. The Balaban J connectivity index is 1.48. The fourth-order valence-corrected chi connectivity index (χ4v) is 5.60. The predicted octanol–water partition coefficient (Wildman–Crippen LogP) is 2.59. The van der Waals surface area contributed by atoms with E-state index < -0.39 is 0 Å². The third-order valence-corrected chi connectivity index (χ3v) is 7.63. The first kappa shape index (κ1) is 29.6. The van der Waals surface area contributed by atoms with Crippen molar-refractivity contribution in [2.45, 2.75) is 63.8 Å². The molecule has 4 rings (SSSR count). The summed E-state index contributed by atoms with van der Waals surface area (Å²) in [6.45, 7) is 4.55. The number of dihydropyridines is 1. The summed E-state index contributed by atoms with van der Waals surface area (Å²) in [7, 11) is 5.22. The van der Waals surface area contributed by atoms with Crippen molar-refractivity contribution in [3.05, 3.63) is 71.0 Å². The highest BCUT2D eigenvalue weighted by molar-refractivity contribution is 5.91. The zero-order valence-corrected chi connectivity index (χ0v) is 24.3. The second-order valence-electron chi connectivity index (χ2n) is 11.0. The number of likely N-dealkylation sites (N-methyl/N-ethyl adjacent to an activating group) is 1. The van der Waals surface area contributed by atoms with Crippen LogP contribution in [0.4, 0.5) is 0 Å². The van der Waals surface area contributed by atoms with Gasteiger partial charge in [0.15, 0.2) is 0 Å². The van der Waals surface area contributed by atoms with E-state index in [1.807, 2.05) is 54.2 Å². The Hall–Kier alpha value is -3.43. The fourth-order valence-electron chi connectivity index (χ4n) is 5.60. The van der Waals surface area contributed by atoms with Gasteiger partial charge in [-0.1, -0.05) is 68.3 Å². The van der Waals surface area contributed by atoms with E-state index in [9.17, 15) is 9.59 Å². The van der Waals surface area contributed by atoms with Gasteiger partial charge >= 0.3 is 5.97 Å². The number of unbranched alkanes of at least 4 members (excludes halogenated alkanes) is 1. The number of carbonyl (C=O) groups is 2. The molecule has 1 amide bonds. The zero-order valence-electron chi connectivity index (χ0n) is 24.3. The van der Waals surface area contributed by atoms with E-state index in [1.165, 1.54) is 18.4 Å². The molecule has 3 aliphatic rings. The van der Waals surface area contributed by atoms with E-state index in [-0.39, 0.29) is 36.5 Å². The average molecular weight is 549 g/mol. The number of hydrogen-bond donors (Lipinski definition) is 2. The number of rotatable bonds is 13. The SMILES string of the molecule is CCCCC1NC2C(N)=NC3C=CC=CC3=C2N1CCCN(Cc1ccc(CC(=O)OC)cc1)C(=O)CN(C)C. The van der Waals surface area contributed by atoms with E-state index in [0.717, 1.165) is 43.4 Å². The van der Waals surface area contributed by atoms with Crippen molar-refractivity contribution in [1.29, 1.82) is 0 Å². The number of allylic oxidation sites excluding steroid dienone is 2. The Morgan fingerprint density at radius 1 is 1.12 bits per heavy atom. The van der Waals surface area contributed by atoms with E-state index >= 15 is 0 Å². The number of amidine groups is 1. The van der Waals surface area contributed by atoms with Gasteiger partial charge in [-0.3, -0.25) is 19.9 Å². The third-order valence-electron chi connectivity index (χ3n) is 7.63. The minimum Gasteiger partial charge on any atom is -0.469 e. The molecule has 3 N–H and O–H groups in total. The third kappa shape index (κ3) is 7.20. The number of nitrogens with zero attached hydrogens (tertiary/aromatic N) is 4. The van der Waals surface area contributed by atoms with Gasteiger partial charge in [0.05, 0.1) is 32.3 Å². The highest BCUT2D eigenvalue weighted by atomic mass is 16.5. The summed E-state index contributed by atoms with van der Waals surface area (Å²) in [5.74, 6) is 0.478. The number of benzene rings is 1. The lowest BCUT2D eigenvalue weighted by atomic mass is 9.93. The topological polar surface area (TPSA) is 104 Å². The van der Waals surface area contributed by atoms with Crippen molar-refractivity contribution in [3.63, 3.8) is 0 Å². The molecule has 0 spiro atoms. The monoisotopic (exact) mass is 548 g/mol. The first-order chi connectivity index (χ1) is 19.3. The van der Waals surface area contributed by atoms with Crippen LogP contribution in [0.1, 0.15) is 43.7 Å². The zero-order chi connectivity index (χ0) is 28.6. The Bertz CT molecular complexity index is 1170. The first-order valence-electron chi connectivity index (χ1n) is 14.3. The van der Waals surface area contributed by atoms with Crippen LogP contribution in [0.2, 0.25) is 0 Å². The van der Waals surface area contributed by atoms with Gasteiger partial charge in [-0.15, -0.1) is 0 Å². The van der Waals surface area contributed by atoms with Gasteiger partial charge in [0.2, 0.25) is 5.91 Å². The molecule has 216 valence electrons. The quantitative estimate of drug-likeness (QED) is 0.365. The molecule has 2 heterocycles. The van der Waals surface area contributed by atoms with Crippen LogP contribution in [0.5, 0.6) is 0 Å². The molecule has 3 unspecified atom stereocenters. The Morgan fingerprint density at radius 3 is 2.58 bits per heavy atom. The Morgan fingerprint density at radius 2 is 1.88 bits per heavy atom. The molecule has 1 aromatic carbocycles. The number of methoxy groups -OCH3 is 1. The number of amides is 1. The number of aliphatic imine (C=N–C) groups is 1. The molecule has 9 nitrogen and oxygen atoms in total. The van der Waals surface area contributed by atoms with Crippen molar-refractivity contribution < 1.29 is 14.3 Å².